The van der Waals surface area contributed by atoms with Gasteiger partial charge >= 0.3 is 261 Å². The van der Waals surface area contributed by atoms with E-state index in [0.29, 0.717) is 0 Å². The summed E-state index contributed by atoms with van der Waals surface area (Å²) in [5.74, 6) is 0. The van der Waals surface area contributed by atoms with E-state index in [0.717, 1.165) is 34.0 Å². The van der Waals surface area contributed by atoms with Crippen molar-refractivity contribution in [2.24, 2.45) is 0 Å². The Balaban J connectivity index is 1.54. The minimum absolute atomic E-state index is 0.228. The SMILES string of the molecule is [Cl][NiH]([PH](C1CCCCC1)(C1CCCCC1)C1CCCCC1)[PH](C1CCCCC1)(C1CCCCC1)C1CCCCC1. The number of hydrogen-bond donors (Lipinski definition) is 0. The molecular formula is C36H69ClNiP2. The first kappa shape index (κ1) is 31.6. The summed E-state index contributed by atoms with van der Waals surface area (Å²) in [5, 5.41) is 0. The van der Waals surface area contributed by atoms with Gasteiger partial charge in [0, 0.05) is 0 Å². The molecule has 0 amide bonds. The van der Waals surface area contributed by atoms with Gasteiger partial charge in [-0.3, -0.25) is 0 Å². The van der Waals surface area contributed by atoms with Gasteiger partial charge < -0.3 is 0 Å². The molecule has 6 saturated carbocycles. The molecule has 0 unspecified atom stereocenters. The predicted octanol–water partition coefficient (Wildman–Crippen LogP) is 12.8. The second kappa shape index (κ2) is 15.3. The number of hydrogen-bond acceptors (Lipinski definition) is 0. The molecule has 0 aromatic heterocycles. The summed E-state index contributed by atoms with van der Waals surface area (Å²) < 4.78 is 0. The zero-order valence-electron chi connectivity index (χ0n) is 26.4. The second-order valence-corrected chi connectivity index (χ2v) is 36.8. The molecule has 6 fully saturated rings. The van der Waals surface area contributed by atoms with Crippen LogP contribution in [0.5, 0.6) is 0 Å². The van der Waals surface area contributed by atoms with Gasteiger partial charge in [-0.2, -0.15) is 0 Å². The van der Waals surface area contributed by atoms with Gasteiger partial charge in [0.1, 0.15) is 0 Å². The zero-order valence-corrected chi connectivity index (χ0v) is 30.2. The minimum atomic E-state index is -1.69. The molecule has 0 atom stereocenters. The van der Waals surface area contributed by atoms with Gasteiger partial charge in [0.25, 0.3) is 0 Å². The van der Waals surface area contributed by atoms with Crippen molar-refractivity contribution in [1.82, 2.24) is 0 Å². The topological polar surface area (TPSA) is 0 Å². The first-order valence-corrected chi connectivity index (χ1v) is 27.8. The molecule has 6 aliphatic carbocycles. The van der Waals surface area contributed by atoms with E-state index < -0.39 is 12.1 Å². The molecule has 4 heteroatoms. The summed E-state index contributed by atoms with van der Waals surface area (Å²) in [6, 6.07) is -3.39. The van der Waals surface area contributed by atoms with E-state index in [9.17, 15) is 0 Å². The van der Waals surface area contributed by atoms with E-state index in [2.05, 4.69) is 0 Å². The van der Waals surface area contributed by atoms with E-state index in [1.165, 1.54) is 38.5 Å². The Bertz CT molecular complexity index is 585. The molecule has 0 aliphatic heterocycles. The quantitative estimate of drug-likeness (QED) is 0.180. The van der Waals surface area contributed by atoms with Crippen molar-refractivity contribution < 1.29 is 11.7 Å². The monoisotopic (exact) mass is 656 g/mol. The molecule has 0 N–H and O–H groups in total. The van der Waals surface area contributed by atoms with E-state index in [4.69, 9.17) is 10.2 Å². The van der Waals surface area contributed by atoms with Crippen LogP contribution in [0.2, 0.25) is 0 Å². The van der Waals surface area contributed by atoms with Gasteiger partial charge in [-0.05, 0) is 0 Å². The van der Waals surface area contributed by atoms with Gasteiger partial charge in [0.15, 0.2) is 0 Å². The first-order valence-electron chi connectivity index (χ1n) is 19.1. The van der Waals surface area contributed by atoms with Crippen LogP contribution < -0.4 is 0 Å². The maximum absolute atomic E-state index is 9.11. The zero-order chi connectivity index (χ0) is 27.3. The summed E-state index contributed by atoms with van der Waals surface area (Å²) in [7, 11) is 9.11. The van der Waals surface area contributed by atoms with Crippen molar-refractivity contribution in [1.29, 1.82) is 0 Å². The third-order valence-electron chi connectivity index (χ3n) is 13.8. The molecule has 0 saturated heterocycles. The second-order valence-electron chi connectivity index (χ2n) is 15.8. The van der Waals surface area contributed by atoms with Crippen LogP contribution in [0.3, 0.4) is 0 Å². The van der Waals surface area contributed by atoms with Gasteiger partial charge in [-0.25, -0.2) is 0 Å². The summed E-state index contributed by atoms with van der Waals surface area (Å²) in [5.41, 5.74) is 6.74. The Morgan fingerprint density at radius 2 is 0.425 bits per heavy atom. The summed E-state index contributed by atoms with van der Waals surface area (Å²) in [4.78, 5) is 0. The molecule has 6 rings (SSSR count). The fraction of sp³-hybridized carbons (Fsp3) is 1.00. The van der Waals surface area contributed by atoms with Gasteiger partial charge in [-0.15, -0.1) is 0 Å². The molecule has 0 aromatic rings. The van der Waals surface area contributed by atoms with Crippen LogP contribution in [0.4, 0.5) is 0 Å². The molecule has 0 aromatic carbocycles. The molecule has 0 bridgehead atoms. The average molecular weight is 658 g/mol. The molecule has 40 heavy (non-hydrogen) atoms. The van der Waals surface area contributed by atoms with Gasteiger partial charge in [0.05, 0.1) is 0 Å². The van der Waals surface area contributed by atoms with Gasteiger partial charge in [-0.1, -0.05) is 0 Å². The standard InChI is InChI=1S/2C18H33P.ClH.Ni.H/c2*1-4-10-16(11-5-1)19(17-12-6-2-7-13-17)18-14-8-3-9-15-18;;;/h2*16-18H,1-15H2;1H;;/q;;;-1;/p+1. The van der Waals surface area contributed by atoms with E-state index in [1.807, 2.05) is 0 Å². The summed E-state index contributed by atoms with van der Waals surface area (Å²) in [6.45, 7) is 0. The molecule has 0 spiro atoms. The molecule has 0 nitrogen and oxygen atoms in total. The first-order chi connectivity index (χ1) is 19.8. The van der Waals surface area contributed by atoms with E-state index >= 15 is 0 Å². The maximum atomic E-state index is 9.11. The van der Waals surface area contributed by atoms with Crippen molar-refractivity contribution in [3.63, 3.8) is 0 Å². The van der Waals surface area contributed by atoms with Crippen LogP contribution in [-0.4, -0.2) is 34.0 Å². The predicted molar refractivity (Wildman–Crippen MR) is 185 cm³/mol. The van der Waals surface area contributed by atoms with E-state index in [-0.39, 0.29) is 11.7 Å². The Kier molecular flexibility index (Phi) is 12.1. The van der Waals surface area contributed by atoms with Crippen molar-refractivity contribution in [2.75, 3.05) is 0 Å². The Morgan fingerprint density at radius 1 is 0.275 bits per heavy atom. The van der Waals surface area contributed by atoms with Crippen LogP contribution in [0.15, 0.2) is 0 Å². The van der Waals surface area contributed by atoms with Crippen molar-refractivity contribution in [3.8, 4) is 0 Å². The van der Waals surface area contributed by atoms with Crippen molar-refractivity contribution in [2.45, 2.75) is 227 Å². The fourth-order valence-electron chi connectivity index (χ4n) is 12.2. The van der Waals surface area contributed by atoms with Crippen LogP contribution in [0, 0.1) is 0 Å². The summed E-state index contributed by atoms with van der Waals surface area (Å²) in [6.07, 6.45) is 47.4. The molecule has 0 heterocycles. The van der Waals surface area contributed by atoms with Crippen LogP contribution in [-0.2, 0) is 11.7 Å². The molecule has 240 valence electrons. The Morgan fingerprint density at radius 3 is 0.575 bits per heavy atom. The van der Waals surface area contributed by atoms with Crippen LogP contribution in [0.1, 0.15) is 193 Å². The fourth-order valence-corrected chi connectivity index (χ4v) is 64.1. The number of halogens is 1. The Labute approximate surface area is 259 Å². The van der Waals surface area contributed by atoms with E-state index in [1.54, 1.807) is 154 Å². The van der Waals surface area contributed by atoms with Crippen molar-refractivity contribution in [3.05, 3.63) is 0 Å². The average Bonchev–Trinajstić information content (AvgIpc) is 3.05. The van der Waals surface area contributed by atoms with Gasteiger partial charge in [0.2, 0.25) is 0 Å². The van der Waals surface area contributed by atoms with Crippen LogP contribution >= 0.6 is 22.3 Å². The number of rotatable bonds is 8. The molecule has 0 radical (unpaired) electrons. The summed E-state index contributed by atoms with van der Waals surface area (Å²) >= 11 is -0.228. The Hall–Kier alpha value is 1.64. The third kappa shape index (κ3) is 6.21. The van der Waals surface area contributed by atoms with Crippen molar-refractivity contribution >= 4 is 22.3 Å². The third-order valence-corrected chi connectivity index (χ3v) is 50.5. The molecular weight excluding hydrogens is 588 g/mol. The van der Waals surface area contributed by atoms with Crippen LogP contribution in [0.25, 0.3) is 0 Å². The normalized spacial score (nSPS) is 31.2. The molecule has 6 aliphatic rings.